The summed E-state index contributed by atoms with van der Waals surface area (Å²) in [5, 5.41) is 11.5. The minimum absolute atomic E-state index is 0.0394. The second-order valence-corrected chi connectivity index (χ2v) is 4.37. The van der Waals surface area contributed by atoms with Crippen molar-refractivity contribution in [1.29, 1.82) is 0 Å². The van der Waals surface area contributed by atoms with Crippen LogP contribution in [0.5, 0.6) is 5.75 Å². The molecule has 0 aromatic heterocycles. The van der Waals surface area contributed by atoms with Crippen LogP contribution in [0.25, 0.3) is 0 Å². The number of amidine groups is 1. The summed E-state index contributed by atoms with van der Waals surface area (Å²) in [5.74, 6) is 0.386. The Labute approximate surface area is 116 Å². The minimum Gasteiger partial charge on any atom is -0.489 e. The van der Waals surface area contributed by atoms with Crippen molar-refractivity contribution in [3.8, 4) is 5.75 Å². The van der Waals surface area contributed by atoms with Gasteiger partial charge >= 0.3 is 0 Å². The Balaban J connectivity index is 2.06. The van der Waals surface area contributed by atoms with E-state index >= 15 is 0 Å². The summed E-state index contributed by atoms with van der Waals surface area (Å²) in [4.78, 5) is 0. The summed E-state index contributed by atoms with van der Waals surface area (Å²) in [6, 6.07) is 11.4. The SMILES string of the molecule is Cc1ccc(F)cc1COc1ccc(/C(N)=N/O)cc1. The maximum absolute atomic E-state index is 13.1. The molecule has 0 saturated carbocycles. The van der Waals surface area contributed by atoms with Crippen molar-refractivity contribution in [3.63, 3.8) is 0 Å². The van der Waals surface area contributed by atoms with Crippen LogP contribution < -0.4 is 10.5 Å². The number of hydrogen-bond donors (Lipinski definition) is 2. The maximum atomic E-state index is 13.1. The molecule has 0 saturated heterocycles. The Hall–Kier alpha value is -2.56. The van der Waals surface area contributed by atoms with Crippen molar-refractivity contribution in [2.24, 2.45) is 10.9 Å². The van der Waals surface area contributed by atoms with Gasteiger partial charge in [-0.25, -0.2) is 4.39 Å². The summed E-state index contributed by atoms with van der Waals surface area (Å²) in [7, 11) is 0. The molecular formula is C15H15FN2O2. The van der Waals surface area contributed by atoms with Gasteiger partial charge in [-0.2, -0.15) is 0 Å². The molecule has 2 rings (SSSR count). The summed E-state index contributed by atoms with van der Waals surface area (Å²) in [5.41, 5.74) is 7.83. The van der Waals surface area contributed by atoms with Crippen LogP contribution in [0.15, 0.2) is 47.6 Å². The lowest BCUT2D eigenvalue weighted by Crippen LogP contribution is -2.12. The van der Waals surface area contributed by atoms with Crippen molar-refractivity contribution >= 4 is 5.84 Å². The predicted octanol–water partition coefficient (Wildman–Crippen LogP) is 2.81. The van der Waals surface area contributed by atoms with Gasteiger partial charge < -0.3 is 15.7 Å². The van der Waals surface area contributed by atoms with Gasteiger partial charge in [-0.05, 0) is 54.4 Å². The van der Waals surface area contributed by atoms with Gasteiger partial charge in [-0.1, -0.05) is 11.2 Å². The highest BCUT2D eigenvalue weighted by Crippen LogP contribution is 2.16. The second-order valence-electron chi connectivity index (χ2n) is 4.37. The molecule has 2 aromatic carbocycles. The van der Waals surface area contributed by atoms with E-state index in [1.165, 1.54) is 12.1 Å². The number of aryl methyl sites for hydroxylation is 1. The molecule has 0 aliphatic carbocycles. The highest BCUT2D eigenvalue weighted by molar-refractivity contribution is 5.97. The quantitative estimate of drug-likeness (QED) is 0.390. The molecule has 0 aliphatic heterocycles. The normalized spacial score (nSPS) is 11.4. The van der Waals surface area contributed by atoms with Gasteiger partial charge in [0.15, 0.2) is 5.84 Å². The molecule has 0 spiro atoms. The first-order valence-electron chi connectivity index (χ1n) is 6.06. The molecule has 2 aromatic rings. The van der Waals surface area contributed by atoms with Crippen LogP contribution in [0.1, 0.15) is 16.7 Å². The fourth-order valence-corrected chi connectivity index (χ4v) is 1.74. The molecule has 0 atom stereocenters. The Morgan fingerprint density at radius 2 is 1.95 bits per heavy atom. The maximum Gasteiger partial charge on any atom is 0.170 e. The van der Waals surface area contributed by atoms with Gasteiger partial charge in [0.2, 0.25) is 0 Å². The first-order valence-corrected chi connectivity index (χ1v) is 6.06. The molecule has 0 amide bonds. The van der Waals surface area contributed by atoms with Crippen LogP contribution in [0.3, 0.4) is 0 Å². The van der Waals surface area contributed by atoms with Crippen molar-refractivity contribution in [2.75, 3.05) is 0 Å². The third-order valence-corrected chi connectivity index (χ3v) is 2.96. The summed E-state index contributed by atoms with van der Waals surface area (Å²) in [6.07, 6.45) is 0. The largest absolute Gasteiger partial charge is 0.489 e. The molecule has 0 heterocycles. The van der Waals surface area contributed by atoms with Gasteiger partial charge in [0.05, 0.1) is 0 Å². The molecule has 0 bridgehead atoms. The Morgan fingerprint density at radius 3 is 2.60 bits per heavy atom. The monoisotopic (exact) mass is 274 g/mol. The van der Waals surface area contributed by atoms with Crippen LogP contribution in [-0.2, 0) is 6.61 Å². The number of ether oxygens (including phenoxy) is 1. The van der Waals surface area contributed by atoms with Crippen molar-refractivity contribution in [1.82, 2.24) is 0 Å². The lowest BCUT2D eigenvalue weighted by molar-refractivity contribution is 0.304. The molecule has 0 fully saturated rings. The number of oxime groups is 1. The molecule has 3 N–H and O–H groups in total. The van der Waals surface area contributed by atoms with Gasteiger partial charge in [-0.3, -0.25) is 0 Å². The number of halogens is 1. The highest BCUT2D eigenvalue weighted by Gasteiger charge is 2.03. The van der Waals surface area contributed by atoms with Crippen LogP contribution >= 0.6 is 0 Å². The molecule has 0 unspecified atom stereocenters. The first kappa shape index (κ1) is 13.9. The fourth-order valence-electron chi connectivity index (χ4n) is 1.74. The van der Waals surface area contributed by atoms with Crippen molar-refractivity contribution in [2.45, 2.75) is 13.5 Å². The molecule has 5 heteroatoms. The van der Waals surface area contributed by atoms with E-state index in [1.807, 2.05) is 6.92 Å². The zero-order chi connectivity index (χ0) is 14.5. The van der Waals surface area contributed by atoms with Gasteiger partial charge in [0.25, 0.3) is 0 Å². The topological polar surface area (TPSA) is 67.8 Å². The third kappa shape index (κ3) is 3.26. The van der Waals surface area contributed by atoms with E-state index in [2.05, 4.69) is 5.16 Å². The van der Waals surface area contributed by atoms with E-state index in [0.717, 1.165) is 11.1 Å². The summed E-state index contributed by atoms with van der Waals surface area (Å²) < 4.78 is 18.7. The highest BCUT2D eigenvalue weighted by atomic mass is 19.1. The Kier molecular flexibility index (Phi) is 4.20. The molecule has 20 heavy (non-hydrogen) atoms. The lowest BCUT2D eigenvalue weighted by Gasteiger charge is -2.09. The molecule has 0 aliphatic rings. The van der Waals surface area contributed by atoms with E-state index in [-0.39, 0.29) is 18.3 Å². The Bertz CT molecular complexity index is 624. The lowest BCUT2D eigenvalue weighted by atomic mass is 10.1. The molecule has 104 valence electrons. The minimum atomic E-state index is -0.281. The number of rotatable bonds is 4. The number of benzene rings is 2. The van der Waals surface area contributed by atoms with Gasteiger partial charge in [0, 0.05) is 5.56 Å². The van der Waals surface area contributed by atoms with E-state index in [0.29, 0.717) is 11.3 Å². The second kappa shape index (κ2) is 6.06. The average Bonchev–Trinajstić information content (AvgIpc) is 2.48. The zero-order valence-electron chi connectivity index (χ0n) is 11.0. The number of hydrogen-bond acceptors (Lipinski definition) is 3. The van der Waals surface area contributed by atoms with E-state index < -0.39 is 0 Å². The average molecular weight is 274 g/mol. The molecule has 4 nitrogen and oxygen atoms in total. The molecule has 0 radical (unpaired) electrons. The van der Waals surface area contributed by atoms with Crippen LogP contribution in [0.4, 0.5) is 4.39 Å². The van der Waals surface area contributed by atoms with E-state index in [4.69, 9.17) is 15.7 Å². The number of nitrogens with zero attached hydrogens (tertiary/aromatic N) is 1. The molecular weight excluding hydrogens is 259 g/mol. The van der Waals surface area contributed by atoms with Crippen molar-refractivity contribution in [3.05, 3.63) is 65.0 Å². The van der Waals surface area contributed by atoms with Crippen LogP contribution in [-0.4, -0.2) is 11.0 Å². The zero-order valence-corrected chi connectivity index (χ0v) is 11.0. The van der Waals surface area contributed by atoms with Crippen molar-refractivity contribution < 1.29 is 14.3 Å². The van der Waals surface area contributed by atoms with Crippen LogP contribution in [0, 0.1) is 12.7 Å². The predicted molar refractivity (Wildman–Crippen MR) is 74.4 cm³/mol. The standard InChI is InChI=1S/C15H15FN2O2/c1-10-2-5-13(16)8-12(10)9-20-14-6-3-11(4-7-14)15(17)18-19/h2-8,19H,9H2,1H3,(H2,17,18). The number of nitrogens with two attached hydrogens (primary N) is 1. The Morgan fingerprint density at radius 1 is 1.25 bits per heavy atom. The summed E-state index contributed by atoms with van der Waals surface area (Å²) in [6.45, 7) is 2.19. The third-order valence-electron chi connectivity index (χ3n) is 2.96. The van der Waals surface area contributed by atoms with Gasteiger partial charge in [-0.15, -0.1) is 0 Å². The summed E-state index contributed by atoms with van der Waals surface area (Å²) >= 11 is 0. The smallest absolute Gasteiger partial charge is 0.170 e. The van der Waals surface area contributed by atoms with Crippen LogP contribution in [0.2, 0.25) is 0 Å². The van der Waals surface area contributed by atoms with Gasteiger partial charge in [0.1, 0.15) is 18.2 Å². The van der Waals surface area contributed by atoms with E-state index in [9.17, 15) is 4.39 Å². The first-order chi connectivity index (χ1) is 9.60. The van der Waals surface area contributed by atoms with E-state index in [1.54, 1.807) is 30.3 Å². The fraction of sp³-hybridized carbons (Fsp3) is 0.133.